The van der Waals surface area contributed by atoms with Gasteiger partial charge in [-0.2, -0.15) is 10.1 Å². The van der Waals surface area contributed by atoms with Crippen LogP contribution in [0.3, 0.4) is 0 Å². The Hall–Kier alpha value is -3.46. The van der Waals surface area contributed by atoms with Gasteiger partial charge in [0.2, 0.25) is 11.7 Å². The SMILES string of the molecule is COc1ccc(-c2noc(Cn3nc(-c4ccc(C)s4)ccc3=O)n2)cc1OC. The van der Waals surface area contributed by atoms with Crippen LogP contribution in [0.4, 0.5) is 0 Å². The van der Waals surface area contributed by atoms with E-state index in [4.69, 9.17) is 14.0 Å². The van der Waals surface area contributed by atoms with E-state index in [1.807, 2.05) is 19.1 Å². The van der Waals surface area contributed by atoms with Crippen molar-refractivity contribution in [1.82, 2.24) is 19.9 Å². The molecule has 0 saturated carbocycles. The second-order valence-electron chi connectivity index (χ2n) is 6.21. The maximum absolute atomic E-state index is 12.2. The Labute approximate surface area is 170 Å². The molecule has 0 unspecified atom stereocenters. The lowest BCUT2D eigenvalue weighted by Crippen LogP contribution is -2.22. The molecule has 9 heteroatoms. The number of hydrogen-bond acceptors (Lipinski definition) is 8. The van der Waals surface area contributed by atoms with Crippen LogP contribution in [0.5, 0.6) is 11.5 Å². The molecule has 1 aromatic carbocycles. The van der Waals surface area contributed by atoms with Crippen molar-refractivity contribution in [1.29, 1.82) is 0 Å². The molecule has 4 aromatic rings. The van der Waals surface area contributed by atoms with Gasteiger partial charge in [-0.25, -0.2) is 4.68 Å². The minimum absolute atomic E-state index is 0.0807. The Kier molecular flexibility index (Phi) is 5.13. The number of methoxy groups -OCH3 is 2. The maximum Gasteiger partial charge on any atom is 0.267 e. The molecule has 0 bridgehead atoms. The van der Waals surface area contributed by atoms with Gasteiger partial charge in [0.05, 0.1) is 19.1 Å². The van der Waals surface area contributed by atoms with E-state index in [0.717, 1.165) is 10.6 Å². The van der Waals surface area contributed by atoms with E-state index in [0.29, 0.717) is 22.9 Å². The fraction of sp³-hybridized carbons (Fsp3) is 0.200. The average Bonchev–Trinajstić information content (AvgIpc) is 3.38. The molecule has 3 aromatic heterocycles. The molecule has 0 amide bonds. The number of rotatable bonds is 6. The minimum Gasteiger partial charge on any atom is -0.493 e. The van der Waals surface area contributed by atoms with E-state index in [1.54, 1.807) is 49.8 Å². The number of hydrogen-bond donors (Lipinski definition) is 0. The molecule has 0 saturated heterocycles. The van der Waals surface area contributed by atoms with E-state index in [-0.39, 0.29) is 18.0 Å². The van der Waals surface area contributed by atoms with Crippen molar-refractivity contribution in [3.05, 3.63) is 63.6 Å². The number of nitrogens with zero attached hydrogens (tertiary/aromatic N) is 4. The first kappa shape index (κ1) is 18.9. The lowest BCUT2D eigenvalue weighted by Gasteiger charge is -2.07. The van der Waals surface area contributed by atoms with Crippen LogP contribution in [-0.4, -0.2) is 34.1 Å². The van der Waals surface area contributed by atoms with Crippen LogP contribution in [0.15, 0.2) is 51.8 Å². The highest BCUT2D eigenvalue weighted by atomic mass is 32.1. The van der Waals surface area contributed by atoms with Crippen LogP contribution < -0.4 is 15.0 Å². The number of aryl methyl sites for hydroxylation is 1. The minimum atomic E-state index is -0.243. The molecule has 0 aliphatic carbocycles. The second-order valence-corrected chi connectivity index (χ2v) is 7.49. The van der Waals surface area contributed by atoms with Gasteiger partial charge in [-0.15, -0.1) is 11.3 Å². The second kappa shape index (κ2) is 7.88. The molecule has 0 atom stereocenters. The highest BCUT2D eigenvalue weighted by Gasteiger charge is 2.14. The van der Waals surface area contributed by atoms with Gasteiger partial charge in [-0.05, 0) is 43.3 Å². The van der Waals surface area contributed by atoms with Crippen molar-refractivity contribution in [2.24, 2.45) is 0 Å². The van der Waals surface area contributed by atoms with Crippen molar-refractivity contribution in [3.8, 4) is 33.5 Å². The summed E-state index contributed by atoms with van der Waals surface area (Å²) in [7, 11) is 3.13. The Morgan fingerprint density at radius 3 is 2.62 bits per heavy atom. The quantitative estimate of drug-likeness (QED) is 0.481. The summed E-state index contributed by atoms with van der Waals surface area (Å²) in [5.74, 6) is 1.84. The van der Waals surface area contributed by atoms with Gasteiger partial charge in [0.1, 0.15) is 12.2 Å². The molecule has 0 radical (unpaired) electrons. The number of ether oxygens (including phenoxy) is 2. The fourth-order valence-corrected chi connectivity index (χ4v) is 3.64. The lowest BCUT2D eigenvalue weighted by molar-refractivity contribution is 0.355. The molecule has 8 nitrogen and oxygen atoms in total. The first-order valence-electron chi connectivity index (χ1n) is 8.77. The Balaban J connectivity index is 1.61. The van der Waals surface area contributed by atoms with Gasteiger partial charge in [0, 0.05) is 16.5 Å². The van der Waals surface area contributed by atoms with Gasteiger partial charge < -0.3 is 14.0 Å². The van der Waals surface area contributed by atoms with E-state index >= 15 is 0 Å². The molecular weight excluding hydrogens is 392 g/mol. The topological polar surface area (TPSA) is 92.3 Å². The van der Waals surface area contributed by atoms with Gasteiger partial charge in [0.25, 0.3) is 5.56 Å². The summed E-state index contributed by atoms with van der Waals surface area (Å²) >= 11 is 1.62. The molecule has 0 N–H and O–H groups in total. The molecule has 4 rings (SSSR count). The zero-order valence-electron chi connectivity index (χ0n) is 16.1. The standard InChI is InChI=1S/C20H18N4O4S/c1-12-4-8-17(29-12)14-6-9-19(25)24(22-14)11-18-21-20(23-28-18)13-5-7-15(26-2)16(10-13)27-3/h4-10H,11H2,1-3H3. The third-order valence-corrected chi connectivity index (χ3v) is 5.28. The van der Waals surface area contributed by atoms with Crippen LogP contribution >= 0.6 is 11.3 Å². The van der Waals surface area contributed by atoms with Crippen LogP contribution in [0.25, 0.3) is 22.0 Å². The Morgan fingerprint density at radius 1 is 1.07 bits per heavy atom. The molecule has 148 valence electrons. The molecule has 3 heterocycles. The summed E-state index contributed by atoms with van der Waals surface area (Å²) < 4.78 is 17.2. The fourth-order valence-electron chi connectivity index (χ4n) is 2.81. The van der Waals surface area contributed by atoms with Crippen molar-refractivity contribution in [2.45, 2.75) is 13.5 Å². The molecule has 0 fully saturated rings. The molecule has 0 aliphatic heterocycles. The van der Waals surface area contributed by atoms with Crippen LogP contribution in [0.1, 0.15) is 10.8 Å². The zero-order chi connectivity index (χ0) is 20.4. The van der Waals surface area contributed by atoms with Crippen molar-refractivity contribution < 1.29 is 14.0 Å². The van der Waals surface area contributed by atoms with E-state index in [1.165, 1.54) is 15.6 Å². The summed E-state index contributed by atoms with van der Waals surface area (Å²) in [6.45, 7) is 2.11. The van der Waals surface area contributed by atoms with Gasteiger partial charge in [-0.3, -0.25) is 4.79 Å². The largest absolute Gasteiger partial charge is 0.493 e. The summed E-state index contributed by atoms with van der Waals surface area (Å²) in [6.07, 6.45) is 0. The first-order valence-corrected chi connectivity index (χ1v) is 9.59. The van der Waals surface area contributed by atoms with Crippen molar-refractivity contribution in [2.75, 3.05) is 14.2 Å². The van der Waals surface area contributed by atoms with Crippen LogP contribution in [-0.2, 0) is 6.54 Å². The molecule has 29 heavy (non-hydrogen) atoms. The predicted octanol–water partition coefficient (Wildman–Crippen LogP) is 3.40. The molecular formula is C20H18N4O4S. The monoisotopic (exact) mass is 410 g/mol. The predicted molar refractivity (Wildman–Crippen MR) is 108 cm³/mol. The summed E-state index contributed by atoms with van der Waals surface area (Å²) in [4.78, 5) is 18.8. The first-order chi connectivity index (χ1) is 14.1. The summed E-state index contributed by atoms with van der Waals surface area (Å²) in [6, 6.07) is 12.5. The Morgan fingerprint density at radius 2 is 1.90 bits per heavy atom. The number of thiophene rings is 1. The highest BCUT2D eigenvalue weighted by Crippen LogP contribution is 2.31. The highest BCUT2D eigenvalue weighted by molar-refractivity contribution is 7.15. The van der Waals surface area contributed by atoms with Crippen LogP contribution in [0.2, 0.25) is 0 Å². The van der Waals surface area contributed by atoms with E-state index < -0.39 is 0 Å². The Bertz CT molecular complexity index is 1210. The third-order valence-electron chi connectivity index (χ3n) is 4.25. The smallest absolute Gasteiger partial charge is 0.267 e. The molecule has 0 aliphatic rings. The van der Waals surface area contributed by atoms with Gasteiger partial charge in [0.15, 0.2) is 11.5 Å². The van der Waals surface area contributed by atoms with Crippen molar-refractivity contribution >= 4 is 11.3 Å². The normalized spacial score (nSPS) is 10.9. The third kappa shape index (κ3) is 3.90. The van der Waals surface area contributed by atoms with Crippen LogP contribution in [0, 0.1) is 6.92 Å². The summed E-state index contributed by atoms with van der Waals surface area (Å²) in [5, 5.41) is 8.44. The lowest BCUT2D eigenvalue weighted by atomic mass is 10.2. The van der Waals surface area contributed by atoms with E-state index in [9.17, 15) is 4.79 Å². The zero-order valence-corrected chi connectivity index (χ0v) is 16.9. The summed E-state index contributed by atoms with van der Waals surface area (Å²) in [5.41, 5.74) is 1.19. The van der Waals surface area contributed by atoms with E-state index in [2.05, 4.69) is 15.2 Å². The average molecular weight is 410 g/mol. The van der Waals surface area contributed by atoms with Gasteiger partial charge >= 0.3 is 0 Å². The maximum atomic E-state index is 12.2. The molecule has 0 spiro atoms. The number of benzene rings is 1. The number of aromatic nitrogens is 4. The van der Waals surface area contributed by atoms with Crippen molar-refractivity contribution in [3.63, 3.8) is 0 Å². The van der Waals surface area contributed by atoms with Gasteiger partial charge in [-0.1, -0.05) is 5.16 Å².